The Hall–Kier alpha value is -2.24. The molecular weight excluding hydrogens is 210 g/mol. The molecule has 6 nitrogen and oxygen atoms in total. The normalized spacial score (nSPS) is 10.3. The van der Waals surface area contributed by atoms with Crippen molar-refractivity contribution >= 4 is 28.8 Å². The van der Waals surface area contributed by atoms with E-state index in [0.717, 1.165) is 0 Å². The van der Waals surface area contributed by atoms with E-state index in [1.54, 1.807) is 18.2 Å². The number of hydrogen-bond acceptors (Lipinski definition) is 6. The monoisotopic (exact) mass is 221 g/mol. The number of nitrogens with one attached hydrogen (secondary N) is 1. The van der Waals surface area contributed by atoms with E-state index in [1.807, 2.05) is 0 Å². The van der Waals surface area contributed by atoms with Gasteiger partial charge in [0.25, 0.3) is 6.01 Å². The number of nitrogens with zero attached hydrogens (tertiary/aromatic N) is 1. The van der Waals surface area contributed by atoms with Gasteiger partial charge in [-0.15, -0.1) is 0 Å². The van der Waals surface area contributed by atoms with E-state index in [-0.39, 0.29) is 18.5 Å². The van der Waals surface area contributed by atoms with Gasteiger partial charge < -0.3 is 20.2 Å². The topological polar surface area (TPSA) is 90.4 Å². The van der Waals surface area contributed by atoms with Crippen LogP contribution in [0.1, 0.15) is 0 Å². The zero-order chi connectivity index (χ0) is 11.5. The zero-order valence-electron chi connectivity index (χ0n) is 8.69. The standard InChI is InChI=1S/C10H11N3O3/c1-15-9(14)5-12-10-13-7-3-2-6(11)4-8(7)16-10/h2-4H,5,11H2,1H3,(H,12,13). The molecule has 0 saturated heterocycles. The first kappa shape index (κ1) is 10.3. The summed E-state index contributed by atoms with van der Waals surface area (Å²) in [5.41, 5.74) is 7.45. The Bertz CT molecular complexity index is 521. The summed E-state index contributed by atoms with van der Waals surface area (Å²) >= 11 is 0. The fourth-order valence-corrected chi connectivity index (χ4v) is 1.24. The molecule has 0 aliphatic rings. The molecule has 0 unspecified atom stereocenters. The second-order valence-electron chi connectivity index (χ2n) is 3.18. The molecule has 6 heteroatoms. The van der Waals surface area contributed by atoms with Crippen LogP contribution < -0.4 is 11.1 Å². The summed E-state index contributed by atoms with van der Waals surface area (Å²) in [5, 5.41) is 2.71. The van der Waals surface area contributed by atoms with Crippen molar-refractivity contribution in [2.75, 3.05) is 24.7 Å². The highest BCUT2D eigenvalue weighted by atomic mass is 16.5. The van der Waals surface area contributed by atoms with Crippen LogP contribution in [-0.2, 0) is 9.53 Å². The molecular formula is C10H11N3O3. The molecule has 0 bridgehead atoms. The molecule has 0 saturated carbocycles. The van der Waals surface area contributed by atoms with Crippen LogP contribution in [0.3, 0.4) is 0 Å². The summed E-state index contributed by atoms with van der Waals surface area (Å²) in [5.74, 6) is -0.387. The number of rotatable bonds is 3. The third-order valence-electron chi connectivity index (χ3n) is 2.02. The van der Waals surface area contributed by atoms with Crippen LogP contribution in [0.15, 0.2) is 22.6 Å². The SMILES string of the molecule is COC(=O)CNc1nc2ccc(N)cc2o1. The average molecular weight is 221 g/mol. The van der Waals surface area contributed by atoms with E-state index in [9.17, 15) is 4.79 Å². The highest BCUT2D eigenvalue weighted by Gasteiger charge is 2.07. The van der Waals surface area contributed by atoms with Crippen molar-refractivity contribution in [1.29, 1.82) is 0 Å². The van der Waals surface area contributed by atoms with Crippen molar-refractivity contribution in [3.05, 3.63) is 18.2 Å². The van der Waals surface area contributed by atoms with Gasteiger partial charge in [0.05, 0.1) is 7.11 Å². The van der Waals surface area contributed by atoms with E-state index >= 15 is 0 Å². The first-order valence-corrected chi connectivity index (χ1v) is 4.66. The predicted molar refractivity (Wildman–Crippen MR) is 58.9 cm³/mol. The number of hydrogen-bond donors (Lipinski definition) is 2. The van der Waals surface area contributed by atoms with Crippen LogP contribution in [0.25, 0.3) is 11.1 Å². The van der Waals surface area contributed by atoms with Gasteiger partial charge in [-0.05, 0) is 12.1 Å². The summed E-state index contributed by atoms with van der Waals surface area (Å²) in [6.45, 7) is 0.0127. The molecule has 2 aromatic rings. The molecule has 0 aliphatic carbocycles. The number of methoxy groups -OCH3 is 1. The third kappa shape index (κ3) is 2.05. The molecule has 1 heterocycles. The van der Waals surface area contributed by atoms with E-state index in [1.165, 1.54) is 7.11 Å². The number of aromatic nitrogens is 1. The highest BCUT2D eigenvalue weighted by molar-refractivity contribution is 5.79. The lowest BCUT2D eigenvalue weighted by atomic mass is 10.3. The second kappa shape index (κ2) is 4.09. The van der Waals surface area contributed by atoms with Gasteiger partial charge in [0.2, 0.25) is 0 Å². The van der Waals surface area contributed by atoms with E-state index in [0.29, 0.717) is 16.8 Å². The summed E-state index contributed by atoms with van der Waals surface area (Å²) in [7, 11) is 1.32. The summed E-state index contributed by atoms with van der Waals surface area (Å²) in [4.78, 5) is 15.0. The van der Waals surface area contributed by atoms with E-state index in [4.69, 9.17) is 10.2 Å². The Balaban J connectivity index is 2.16. The second-order valence-corrected chi connectivity index (χ2v) is 3.18. The minimum Gasteiger partial charge on any atom is -0.468 e. The van der Waals surface area contributed by atoms with Gasteiger partial charge in [0, 0.05) is 11.8 Å². The van der Waals surface area contributed by atoms with Crippen molar-refractivity contribution in [2.45, 2.75) is 0 Å². The molecule has 16 heavy (non-hydrogen) atoms. The van der Waals surface area contributed by atoms with Crippen LogP contribution in [0.4, 0.5) is 11.7 Å². The Kier molecular flexibility index (Phi) is 2.63. The quantitative estimate of drug-likeness (QED) is 0.593. The first-order chi connectivity index (χ1) is 7.69. The molecule has 2 rings (SSSR count). The van der Waals surface area contributed by atoms with Crippen LogP contribution in [-0.4, -0.2) is 24.6 Å². The van der Waals surface area contributed by atoms with Crippen molar-refractivity contribution in [3.63, 3.8) is 0 Å². The van der Waals surface area contributed by atoms with Gasteiger partial charge in [-0.25, -0.2) is 0 Å². The molecule has 3 N–H and O–H groups in total. The lowest BCUT2D eigenvalue weighted by Crippen LogP contribution is -2.14. The zero-order valence-corrected chi connectivity index (χ0v) is 8.69. The number of carbonyl (C=O) groups excluding carboxylic acids is 1. The van der Waals surface area contributed by atoms with Gasteiger partial charge in [-0.3, -0.25) is 4.79 Å². The van der Waals surface area contributed by atoms with Crippen LogP contribution >= 0.6 is 0 Å². The summed E-state index contributed by atoms with van der Waals surface area (Å²) < 4.78 is 9.81. The average Bonchev–Trinajstić information content (AvgIpc) is 2.67. The summed E-state index contributed by atoms with van der Waals surface area (Å²) in [6, 6.07) is 5.42. The largest absolute Gasteiger partial charge is 0.468 e. The lowest BCUT2D eigenvalue weighted by Gasteiger charge is -1.98. The van der Waals surface area contributed by atoms with Crippen molar-refractivity contribution in [2.24, 2.45) is 0 Å². The molecule has 0 radical (unpaired) electrons. The maximum absolute atomic E-state index is 10.9. The van der Waals surface area contributed by atoms with Gasteiger partial charge >= 0.3 is 5.97 Å². The highest BCUT2D eigenvalue weighted by Crippen LogP contribution is 2.20. The number of benzene rings is 1. The Morgan fingerprint density at radius 3 is 3.19 bits per heavy atom. The maximum Gasteiger partial charge on any atom is 0.325 e. The fourth-order valence-electron chi connectivity index (χ4n) is 1.24. The number of nitrogens with two attached hydrogens (primary N) is 1. The number of oxazole rings is 1. The summed E-state index contributed by atoms with van der Waals surface area (Å²) in [6.07, 6.45) is 0. The third-order valence-corrected chi connectivity index (χ3v) is 2.02. The minimum absolute atomic E-state index is 0.0127. The molecule has 1 aromatic carbocycles. The van der Waals surface area contributed by atoms with Gasteiger partial charge in [0.15, 0.2) is 5.58 Å². The minimum atomic E-state index is -0.387. The predicted octanol–water partition coefficient (Wildman–Crippen LogP) is 0.995. The molecule has 0 spiro atoms. The molecule has 0 fully saturated rings. The van der Waals surface area contributed by atoms with Crippen molar-refractivity contribution < 1.29 is 13.9 Å². The molecule has 0 atom stereocenters. The van der Waals surface area contributed by atoms with Crippen LogP contribution in [0, 0.1) is 0 Å². The Morgan fingerprint density at radius 1 is 1.62 bits per heavy atom. The fraction of sp³-hybridized carbons (Fsp3) is 0.200. The number of ether oxygens (including phenoxy) is 1. The smallest absolute Gasteiger partial charge is 0.325 e. The van der Waals surface area contributed by atoms with E-state index in [2.05, 4.69) is 15.0 Å². The molecule has 0 aliphatic heterocycles. The number of anilines is 2. The van der Waals surface area contributed by atoms with Crippen LogP contribution in [0.5, 0.6) is 0 Å². The Labute approximate surface area is 91.4 Å². The van der Waals surface area contributed by atoms with Crippen molar-refractivity contribution in [1.82, 2.24) is 4.98 Å². The molecule has 84 valence electrons. The van der Waals surface area contributed by atoms with Gasteiger partial charge in [0.1, 0.15) is 12.1 Å². The van der Waals surface area contributed by atoms with Crippen molar-refractivity contribution in [3.8, 4) is 0 Å². The molecule has 1 aromatic heterocycles. The number of esters is 1. The van der Waals surface area contributed by atoms with Gasteiger partial charge in [-0.2, -0.15) is 4.98 Å². The number of fused-ring (bicyclic) bond motifs is 1. The maximum atomic E-state index is 10.9. The van der Waals surface area contributed by atoms with Gasteiger partial charge in [-0.1, -0.05) is 0 Å². The lowest BCUT2D eigenvalue weighted by molar-refractivity contribution is -0.138. The Morgan fingerprint density at radius 2 is 2.44 bits per heavy atom. The number of carbonyl (C=O) groups is 1. The number of nitrogen functional groups attached to an aromatic ring is 1. The van der Waals surface area contributed by atoms with E-state index < -0.39 is 0 Å². The first-order valence-electron chi connectivity index (χ1n) is 4.66. The molecule has 0 amide bonds. The van der Waals surface area contributed by atoms with Crippen LogP contribution in [0.2, 0.25) is 0 Å².